The summed E-state index contributed by atoms with van der Waals surface area (Å²) in [4.78, 5) is 56.0. The van der Waals surface area contributed by atoms with Crippen LogP contribution in [0.5, 0.6) is 0 Å². The van der Waals surface area contributed by atoms with Crippen LogP contribution in [0.3, 0.4) is 0 Å². The molecule has 0 saturated heterocycles. The van der Waals surface area contributed by atoms with Gasteiger partial charge in [0, 0.05) is 0 Å². The van der Waals surface area contributed by atoms with Gasteiger partial charge in [0.05, 0.1) is 6.04 Å². The summed E-state index contributed by atoms with van der Waals surface area (Å²) in [5, 5.41) is 10.5. The lowest BCUT2D eigenvalue weighted by Crippen LogP contribution is -2.57. The first-order valence-electron chi connectivity index (χ1n) is 10.0. The zero-order valence-corrected chi connectivity index (χ0v) is 19.1. The van der Waals surface area contributed by atoms with E-state index < -0.39 is 43.3 Å². The number of carbonyl (C=O) groups is 3. The van der Waals surface area contributed by atoms with Crippen LogP contribution in [0.4, 0.5) is 0 Å². The Morgan fingerprint density at radius 3 is 1.59 bits per heavy atom. The highest BCUT2D eigenvalue weighted by Crippen LogP contribution is 2.39. The van der Waals surface area contributed by atoms with E-state index in [1.54, 1.807) is 7.05 Å². The Balaban J connectivity index is 5.24. The molecular formula is C18H37N4O6P. The third-order valence-electron chi connectivity index (χ3n) is 4.54. The molecule has 3 amide bonds. The molecule has 0 radical (unpaired) electrons. The Hall–Kier alpha value is -1.48. The Kier molecular flexibility index (Phi) is 12.3. The number of hydrogen-bond acceptors (Lipinski definition) is 5. The molecule has 4 atom stereocenters. The summed E-state index contributed by atoms with van der Waals surface area (Å²) >= 11 is 0. The highest BCUT2D eigenvalue weighted by molar-refractivity contribution is 7.52. The minimum atomic E-state index is -4.48. The van der Waals surface area contributed by atoms with Gasteiger partial charge in [0.2, 0.25) is 17.7 Å². The van der Waals surface area contributed by atoms with Crippen molar-refractivity contribution < 1.29 is 28.7 Å². The molecule has 6 N–H and O–H groups in total. The van der Waals surface area contributed by atoms with Gasteiger partial charge >= 0.3 is 7.60 Å². The van der Waals surface area contributed by atoms with Crippen molar-refractivity contribution in [1.29, 1.82) is 0 Å². The fraction of sp³-hybridized carbons (Fsp3) is 0.833. The van der Waals surface area contributed by atoms with E-state index in [4.69, 9.17) is 9.79 Å². The van der Waals surface area contributed by atoms with E-state index in [0.717, 1.165) is 0 Å². The van der Waals surface area contributed by atoms with Crippen LogP contribution < -0.4 is 21.3 Å². The molecule has 0 unspecified atom stereocenters. The van der Waals surface area contributed by atoms with E-state index in [2.05, 4.69) is 21.3 Å². The average molecular weight is 436 g/mol. The molecule has 0 aliphatic rings. The summed E-state index contributed by atoms with van der Waals surface area (Å²) in [7, 11) is -2.82. The van der Waals surface area contributed by atoms with E-state index >= 15 is 0 Å². The van der Waals surface area contributed by atoms with E-state index in [9.17, 15) is 18.9 Å². The third-order valence-corrected chi connectivity index (χ3v) is 5.67. The second-order valence-corrected chi connectivity index (χ2v) is 9.44. The van der Waals surface area contributed by atoms with E-state index in [1.165, 1.54) is 6.92 Å². The van der Waals surface area contributed by atoms with Gasteiger partial charge in [-0.1, -0.05) is 40.5 Å². The van der Waals surface area contributed by atoms with E-state index in [0.29, 0.717) is 25.7 Å². The molecule has 0 spiro atoms. The van der Waals surface area contributed by atoms with Crippen LogP contribution in [0.2, 0.25) is 0 Å². The Morgan fingerprint density at radius 2 is 1.24 bits per heavy atom. The first kappa shape index (κ1) is 27.5. The fourth-order valence-electron chi connectivity index (χ4n) is 2.81. The predicted octanol–water partition coefficient (Wildman–Crippen LogP) is 0.440. The van der Waals surface area contributed by atoms with Crippen LogP contribution >= 0.6 is 7.60 Å². The van der Waals surface area contributed by atoms with Gasteiger partial charge in [-0.25, -0.2) is 0 Å². The number of nitrogens with one attached hydrogen (secondary N) is 4. The molecule has 11 heteroatoms. The molecule has 0 aliphatic heterocycles. The van der Waals surface area contributed by atoms with Crippen LogP contribution in [0.25, 0.3) is 0 Å². The molecule has 0 aromatic carbocycles. The molecule has 0 heterocycles. The van der Waals surface area contributed by atoms with Gasteiger partial charge in [-0.2, -0.15) is 0 Å². The molecule has 0 aromatic heterocycles. The number of rotatable bonds is 13. The Bertz CT molecular complexity index is 595. The van der Waals surface area contributed by atoms with Crippen molar-refractivity contribution in [2.24, 2.45) is 5.92 Å². The molecule has 29 heavy (non-hydrogen) atoms. The minimum Gasteiger partial charge on any atom is -0.343 e. The molecule has 0 bridgehead atoms. The highest BCUT2D eigenvalue weighted by atomic mass is 31.2. The van der Waals surface area contributed by atoms with Crippen molar-refractivity contribution in [3.05, 3.63) is 0 Å². The molecule has 0 aliphatic carbocycles. The lowest BCUT2D eigenvalue weighted by molar-refractivity contribution is -0.133. The van der Waals surface area contributed by atoms with Crippen LogP contribution in [0, 0.1) is 5.92 Å². The van der Waals surface area contributed by atoms with Gasteiger partial charge in [-0.05, 0) is 32.7 Å². The number of amides is 3. The molecular weight excluding hydrogens is 399 g/mol. The molecule has 0 fully saturated rings. The lowest BCUT2D eigenvalue weighted by atomic mass is 10.0. The van der Waals surface area contributed by atoms with Crippen molar-refractivity contribution in [2.45, 2.75) is 84.2 Å². The van der Waals surface area contributed by atoms with Crippen LogP contribution in [-0.4, -0.2) is 58.5 Å². The number of likely N-dealkylation sites (N-methyl/N-ethyl adjacent to an activating group) is 1. The topological polar surface area (TPSA) is 157 Å². The Labute approximate surface area is 173 Å². The SMILES string of the molecule is CCC[C@H](NC(=O)[C@H](CCC)NC(=O)[C@@H](NC)C(C)C)C(=O)N[C@H](C)P(=O)(O)O. The lowest BCUT2D eigenvalue weighted by Gasteiger charge is -2.26. The maximum absolute atomic E-state index is 12.7. The number of carbonyl (C=O) groups excluding carboxylic acids is 3. The van der Waals surface area contributed by atoms with Crippen LogP contribution in [-0.2, 0) is 18.9 Å². The first-order valence-corrected chi connectivity index (χ1v) is 11.7. The Morgan fingerprint density at radius 1 is 0.828 bits per heavy atom. The van der Waals surface area contributed by atoms with Crippen molar-refractivity contribution in [3.63, 3.8) is 0 Å². The van der Waals surface area contributed by atoms with Gasteiger partial charge in [0.15, 0.2) is 0 Å². The zero-order valence-electron chi connectivity index (χ0n) is 18.2. The largest absolute Gasteiger partial charge is 0.347 e. The maximum atomic E-state index is 12.7. The van der Waals surface area contributed by atoms with Gasteiger partial charge in [-0.15, -0.1) is 0 Å². The second kappa shape index (κ2) is 13.0. The summed E-state index contributed by atoms with van der Waals surface area (Å²) in [6.45, 7) is 8.68. The van der Waals surface area contributed by atoms with Gasteiger partial charge in [0.25, 0.3) is 0 Å². The molecule has 170 valence electrons. The quantitative estimate of drug-likeness (QED) is 0.229. The summed E-state index contributed by atoms with van der Waals surface area (Å²) in [6, 6.07) is -2.22. The summed E-state index contributed by atoms with van der Waals surface area (Å²) in [6.07, 6.45) is 1.90. The van der Waals surface area contributed by atoms with Gasteiger partial charge < -0.3 is 31.1 Å². The predicted molar refractivity (Wildman–Crippen MR) is 111 cm³/mol. The van der Waals surface area contributed by atoms with Gasteiger partial charge in [0.1, 0.15) is 17.9 Å². The summed E-state index contributed by atoms with van der Waals surface area (Å²) < 4.78 is 11.3. The van der Waals surface area contributed by atoms with Gasteiger partial charge in [-0.3, -0.25) is 18.9 Å². The normalized spacial score (nSPS) is 15.9. The molecule has 0 saturated carbocycles. The fourth-order valence-corrected chi connectivity index (χ4v) is 3.10. The third kappa shape index (κ3) is 9.71. The second-order valence-electron chi connectivity index (χ2n) is 7.48. The number of hydrogen-bond donors (Lipinski definition) is 6. The average Bonchev–Trinajstić information content (AvgIpc) is 2.60. The standard InChI is InChI=1S/C18H37N4O6P/c1-7-9-13(16(23)20-12(5)29(26,27)28)21-17(24)14(10-8-2)22-18(25)15(19-6)11(3)4/h11-15,19H,7-10H2,1-6H3,(H,20,23)(H,21,24)(H,22,25)(H2,26,27,28)/t12-,13-,14-,15-/m0/s1. The van der Waals surface area contributed by atoms with Crippen molar-refractivity contribution in [2.75, 3.05) is 7.05 Å². The van der Waals surface area contributed by atoms with Crippen molar-refractivity contribution in [3.8, 4) is 0 Å². The highest BCUT2D eigenvalue weighted by Gasteiger charge is 2.31. The van der Waals surface area contributed by atoms with Crippen LogP contribution in [0.1, 0.15) is 60.3 Å². The van der Waals surface area contributed by atoms with E-state index in [1.807, 2.05) is 27.7 Å². The minimum absolute atomic E-state index is 0.0260. The van der Waals surface area contributed by atoms with E-state index in [-0.39, 0.29) is 11.8 Å². The summed E-state index contributed by atoms with van der Waals surface area (Å²) in [5.41, 5.74) is 0. The monoisotopic (exact) mass is 436 g/mol. The van der Waals surface area contributed by atoms with Crippen molar-refractivity contribution >= 4 is 25.3 Å². The molecule has 0 rings (SSSR count). The first-order chi connectivity index (χ1) is 13.4. The maximum Gasteiger partial charge on any atom is 0.347 e. The summed E-state index contributed by atoms with van der Waals surface area (Å²) in [5.74, 6) is -2.82. The zero-order chi connectivity index (χ0) is 22.8. The van der Waals surface area contributed by atoms with Crippen molar-refractivity contribution in [1.82, 2.24) is 21.3 Å². The molecule has 10 nitrogen and oxygen atoms in total. The smallest absolute Gasteiger partial charge is 0.343 e. The van der Waals surface area contributed by atoms with Crippen LogP contribution in [0.15, 0.2) is 0 Å². The molecule has 0 aromatic rings.